The van der Waals surface area contributed by atoms with Crippen molar-refractivity contribution in [3.05, 3.63) is 69.6 Å². The molecule has 0 aliphatic carbocycles. The highest BCUT2D eigenvalue weighted by Gasteiger charge is 2.34. The Morgan fingerprint density at radius 1 is 1.16 bits per heavy atom. The van der Waals surface area contributed by atoms with Gasteiger partial charge in [0.15, 0.2) is 0 Å². The summed E-state index contributed by atoms with van der Waals surface area (Å²) in [5.74, 6) is -0.841. The molecule has 2 aromatic rings. The van der Waals surface area contributed by atoms with Crippen molar-refractivity contribution in [3.8, 4) is 0 Å². The van der Waals surface area contributed by atoms with Crippen LogP contribution in [0.3, 0.4) is 0 Å². The summed E-state index contributed by atoms with van der Waals surface area (Å²) >= 11 is 12.3. The van der Waals surface area contributed by atoms with Crippen molar-refractivity contribution in [2.75, 3.05) is 11.9 Å². The van der Waals surface area contributed by atoms with Gasteiger partial charge in [-0.3, -0.25) is 14.5 Å². The third-order valence-corrected chi connectivity index (χ3v) is 5.96. The Labute approximate surface area is 191 Å². The number of hydrogen-bond acceptors (Lipinski definition) is 4. The molecule has 0 saturated carbocycles. The minimum atomic E-state index is -4.57. The molecule has 1 fully saturated rings. The maximum absolute atomic E-state index is 13.0. The van der Waals surface area contributed by atoms with Gasteiger partial charge in [-0.15, -0.1) is 0 Å². The number of rotatable bonds is 6. The minimum Gasteiger partial charge on any atom is -0.326 e. The van der Waals surface area contributed by atoms with Gasteiger partial charge in [-0.25, -0.2) is 0 Å². The van der Waals surface area contributed by atoms with Crippen LogP contribution in [0.5, 0.6) is 0 Å². The zero-order chi connectivity index (χ0) is 22.6. The summed E-state index contributed by atoms with van der Waals surface area (Å²) in [4.78, 5) is 26.6. The van der Waals surface area contributed by atoms with E-state index in [1.807, 2.05) is 0 Å². The van der Waals surface area contributed by atoms with Gasteiger partial charge in [0, 0.05) is 18.0 Å². The zero-order valence-electron chi connectivity index (χ0n) is 15.9. The van der Waals surface area contributed by atoms with Crippen molar-refractivity contribution in [1.29, 1.82) is 0 Å². The van der Waals surface area contributed by atoms with Crippen LogP contribution < -0.4 is 5.32 Å². The third kappa shape index (κ3) is 6.09. The lowest BCUT2D eigenvalue weighted by molar-refractivity contribution is -0.137. The topological polar surface area (TPSA) is 49.4 Å². The van der Waals surface area contributed by atoms with Gasteiger partial charge in [-0.05, 0) is 42.3 Å². The number of nitrogens with one attached hydrogen (secondary N) is 1. The number of para-hydroxylation sites is 1. The maximum atomic E-state index is 13.0. The molecule has 0 aromatic heterocycles. The minimum absolute atomic E-state index is 0.0561. The summed E-state index contributed by atoms with van der Waals surface area (Å²) in [6.07, 6.45) is -2.67. The van der Waals surface area contributed by atoms with Crippen molar-refractivity contribution in [3.63, 3.8) is 0 Å². The number of carbonyl (C=O) groups excluding carboxylic acids is 2. The van der Waals surface area contributed by atoms with E-state index >= 15 is 0 Å². The standard InChI is InChI=1S/C21H16ClF3N2O2S2/c22-14-9-7-13(8-10-14)12-17-19(29)27(20(30)31-17)11-3-6-18(28)26-16-5-2-1-4-15(16)21(23,24)25/h1-2,4-5,7-10,12H,3,6,11H2,(H,26,28)/b17-12-. The van der Waals surface area contributed by atoms with Gasteiger partial charge in [0.25, 0.3) is 5.91 Å². The van der Waals surface area contributed by atoms with Crippen LogP contribution in [-0.4, -0.2) is 27.6 Å². The number of nitrogens with zero attached hydrogens (tertiary/aromatic N) is 1. The van der Waals surface area contributed by atoms with Gasteiger partial charge in [0.05, 0.1) is 16.2 Å². The highest BCUT2D eigenvalue weighted by Crippen LogP contribution is 2.35. The van der Waals surface area contributed by atoms with Crippen LogP contribution in [0.25, 0.3) is 6.08 Å². The van der Waals surface area contributed by atoms with Crippen LogP contribution in [0.4, 0.5) is 18.9 Å². The normalized spacial score (nSPS) is 15.6. The fraction of sp³-hybridized carbons (Fsp3) is 0.190. The molecule has 0 radical (unpaired) electrons. The first-order valence-corrected chi connectivity index (χ1v) is 10.7. The Balaban J connectivity index is 1.56. The van der Waals surface area contributed by atoms with Crippen molar-refractivity contribution in [2.45, 2.75) is 19.0 Å². The second-order valence-electron chi connectivity index (χ2n) is 6.58. The Morgan fingerprint density at radius 3 is 2.52 bits per heavy atom. The van der Waals surface area contributed by atoms with Crippen molar-refractivity contribution < 1.29 is 22.8 Å². The SMILES string of the molecule is O=C(CCCN1C(=O)/C(=C/c2ccc(Cl)cc2)SC1=S)Nc1ccccc1C(F)(F)F. The Bertz CT molecular complexity index is 1040. The molecular formula is C21H16ClF3N2O2S2. The van der Waals surface area contributed by atoms with Crippen LogP contribution >= 0.6 is 35.6 Å². The predicted molar refractivity (Wildman–Crippen MR) is 121 cm³/mol. The molecule has 2 aromatic carbocycles. The lowest BCUT2D eigenvalue weighted by atomic mass is 10.1. The predicted octanol–water partition coefficient (Wildman–Crippen LogP) is 5.98. The molecule has 10 heteroatoms. The Morgan fingerprint density at radius 2 is 1.84 bits per heavy atom. The van der Waals surface area contributed by atoms with E-state index in [4.69, 9.17) is 23.8 Å². The van der Waals surface area contributed by atoms with Crippen LogP contribution in [0.2, 0.25) is 5.02 Å². The summed E-state index contributed by atoms with van der Waals surface area (Å²) in [6.45, 7) is 0.191. The monoisotopic (exact) mass is 484 g/mol. The average Bonchev–Trinajstić information content (AvgIpc) is 2.96. The second kappa shape index (κ2) is 9.84. The fourth-order valence-electron chi connectivity index (χ4n) is 2.85. The highest BCUT2D eigenvalue weighted by molar-refractivity contribution is 8.26. The molecule has 162 valence electrons. The molecule has 4 nitrogen and oxygen atoms in total. The maximum Gasteiger partial charge on any atom is 0.418 e. The number of thiocarbonyl (C=S) groups is 1. The average molecular weight is 485 g/mol. The summed E-state index contributed by atoms with van der Waals surface area (Å²) in [5, 5.41) is 2.87. The number of hydrogen-bond donors (Lipinski definition) is 1. The van der Waals surface area contributed by atoms with Gasteiger partial charge in [-0.1, -0.05) is 59.8 Å². The number of anilines is 1. The molecule has 1 aliphatic rings. The first-order chi connectivity index (χ1) is 14.6. The molecule has 1 saturated heterocycles. The summed E-state index contributed by atoms with van der Waals surface area (Å²) in [5.41, 5.74) is -0.406. The summed E-state index contributed by atoms with van der Waals surface area (Å²) < 4.78 is 39.5. The molecule has 2 amide bonds. The largest absolute Gasteiger partial charge is 0.418 e. The van der Waals surface area contributed by atoms with Gasteiger partial charge in [0.1, 0.15) is 4.32 Å². The van der Waals surface area contributed by atoms with Crippen LogP contribution in [0.1, 0.15) is 24.0 Å². The molecule has 0 spiro atoms. The van der Waals surface area contributed by atoms with E-state index < -0.39 is 17.6 Å². The van der Waals surface area contributed by atoms with E-state index in [1.165, 1.54) is 23.1 Å². The van der Waals surface area contributed by atoms with Crippen molar-refractivity contribution >= 4 is 63.5 Å². The molecule has 3 rings (SSSR count). The molecule has 1 aliphatic heterocycles. The van der Waals surface area contributed by atoms with E-state index in [0.717, 1.165) is 23.4 Å². The van der Waals surface area contributed by atoms with E-state index in [-0.39, 0.29) is 31.0 Å². The van der Waals surface area contributed by atoms with Crippen LogP contribution in [0, 0.1) is 0 Å². The van der Waals surface area contributed by atoms with Crippen LogP contribution in [-0.2, 0) is 15.8 Å². The molecule has 0 unspecified atom stereocenters. The lowest BCUT2D eigenvalue weighted by Gasteiger charge is -2.15. The Hall–Kier alpha value is -2.36. The quantitative estimate of drug-likeness (QED) is 0.405. The molecular weight excluding hydrogens is 469 g/mol. The van der Waals surface area contributed by atoms with Crippen LogP contribution in [0.15, 0.2) is 53.4 Å². The number of amides is 2. The molecule has 0 bridgehead atoms. The van der Waals surface area contributed by atoms with E-state index in [2.05, 4.69) is 5.32 Å². The van der Waals surface area contributed by atoms with Crippen molar-refractivity contribution in [1.82, 2.24) is 4.90 Å². The van der Waals surface area contributed by atoms with E-state index in [1.54, 1.807) is 30.3 Å². The van der Waals surface area contributed by atoms with E-state index in [0.29, 0.717) is 14.2 Å². The fourth-order valence-corrected chi connectivity index (χ4v) is 4.29. The molecule has 31 heavy (non-hydrogen) atoms. The number of benzene rings is 2. The van der Waals surface area contributed by atoms with Crippen molar-refractivity contribution in [2.24, 2.45) is 0 Å². The second-order valence-corrected chi connectivity index (χ2v) is 8.69. The zero-order valence-corrected chi connectivity index (χ0v) is 18.3. The van der Waals surface area contributed by atoms with Gasteiger partial charge >= 0.3 is 6.18 Å². The molecule has 1 heterocycles. The highest BCUT2D eigenvalue weighted by atomic mass is 35.5. The first-order valence-electron chi connectivity index (χ1n) is 9.12. The Kier molecular flexibility index (Phi) is 7.40. The van der Waals surface area contributed by atoms with E-state index in [9.17, 15) is 22.8 Å². The molecule has 1 N–H and O–H groups in total. The summed E-state index contributed by atoms with van der Waals surface area (Å²) in [7, 11) is 0. The van der Waals surface area contributed by atoms with Gasteiger partial charge in [-0.2, -0.15) is 13.2 Å². The third-order valence-electron chi connectivity index (χ3n) is 4.33. The smallest absolute Gasteiger partial charge is 0.326 e. The number of halogens is 4. The first kappa shape index (κ1) is 23.3. The lowest BCUT2D eigenvalue weighted by Crippen LogP contribution is -2.29. The summed E-state index contributed by atoms with van der Waals surface area (Å²) in [6, 6.07) is 11.7. The van der Waals surface area contributed by atoms with Gasteiger partial charge < -0.3 is 5.32 Å². The van der Waals surface area contributed by atoms with Gasteiger partial charge in [0.2, 0.25) is 5.91 Å². The molecule has 0 atom stereocenters. The number of thioether (sulfide) groups is 1. The number of alkyl halides is 3. The number of carbonyl (C=O) groups is 2.